The molecule has 0 heterocycles. The Morgan fingerprint density at radius 2 is 0.609 bits per heavy atom. The second-order valence-corrected chi connectivity index (χ2v) is 17.3. The van der Waals surface area contributed by atoms with E-state index < -0.39 is 30.1 Å². The summed E-state index contributed by atoms with van der Waals surface area (Å²) in [7, 11) is -11.5. The van der Waals surface area contributed by atoms with Gasteiger partial charge in [-0.1, -0.05) is 53.1 Å². The first-order chi connectivity index (χ1) is 21.2. The highest BCUT2D eigenvalue weighted by molar-refractivity contribution is 7.90. The fraction of sp³-hybridized carbons (Fsp3) is 0.455. The van der Waals surface area contributed by atoms with Gasteiger partial charge in [-0.3, -0.25) is 4.90 Å². The average molecular weight is 693 g/mol. The molecule has 0 atom stereocenters. The number of hydrogen-bond donors (Lipinski definition) is 3. The van der Waals surface area contributed by atoms with E-state index in [0.717, 1.165) is 16.7 Å². The Kier molecular flexibility index (Phi) is 12.4. The molecule has 0 saturated carbocycles. The molecule has 0 fully saturated rings. The maximum Gasteiger partial charge on any atom is 0.241 e. The molecule has 0 aliphatic heterocycles. The fourth-order valence-electron chi connectivity index (χ4n) is 6.34. The highest BCUT2D eigenvalue weighted by atomic mass is 32.2. The van der Waals surface area contributed by atoms with Gasteiger partial charge >= 0.3 is 0 Å². The van der Waals surface area contributed by atoms with E-state index in [-0.39, 0.29) is 54.0 Å². The number of nitrogens with one attached hydrogen (secondary N) is 3. The quantitative estimate of drug-likeness (QED) is 0.219. The van der Waals surface area contributed by atoms with E-state index in [1.54, 1.807) is 41.5 Å². The van der Waals surface area contributed by atoms with Crippen LogP contribution in [0, 0.1) is 62.3 Å². The Bertz CT molecular complexity index is 1630. The second-order valence-electron chi connectivity index (χ2n) is 12.2. The minimum Gasteiger partial charge on any atom is -0.299 e. The van der Waals surface area contributed by atoms with E-state index in [1.807, 2.05) is 62.1 Å². The zero-order valence-electron chi connectivity index (χ0n) is 28.3. The van der Waals surface area contributed by atoms with Gasteiger partial charge in [0.1, 0.15) is 0 Å². The van der Waals surface area contributed by atoms with Crippen molar-refractivity contribution in [3.63, 3.8) is 0 Å². The van der Waals surface area contributed by atoms with Crippen molar-refractivity contribution >= 4 is 30.1 Å². The van der Waals surface area contributed by atoms with Crippen molar-refractivity contribution in [1.82, 2.24) is 19.1 Å². The third-order valence-corrected chi connectivity index (χ3v) is 13.1. The molecule has 0 saturated heterocycles. The Labute approximate surface area is 276 Å². The van der Waals surface area contributed by atoms with Gasteiger partial charge in [-0.25, -0.2) is 39.4 Å². The van der Waals surface area contributed by atoms with E-state index in [2.05, 4.69) is 14.2 Å². The van der Waals surface area contributed by atoms with Crippen LogP contribution in [0.15, 0.2) is 51.1 Å². The molecule has 3 aromatic carbocycles. The normalized spacial score (nSPS) is 12.7. The molecule has 10 nitrogen and oxygen atoms in total. The van der Waals surface area contributed by atoms with Gasteiger partial charge < -0.3 is 0 Å². The Balaban J connectivity index is 1.75. The monoisotopic (exact) mass is 692 g/mol. The van der Waals surface area contributed by atoms with Gasteiger partial charge in [-0.2, -0.15) is 0 Å². The van der Waals surface area contributed by atoms with Crippen LogP contribution in [0.3, 0.4) is 0 Å². The number of benzene rings is 3. The summed E-state index contributed by atoms with van der Waals surface area (Å²) < 4.78 is 87.4. The fourth-order valence-corrected chi connectivity index (χ4v) is 10.7. The van der Waals surface area contributed by atoms with Crippen molar-refractivity contribution in [3.05, 3.63) is 86.5 Å². The molecule has 0 unspecified atom stereocenters. The number of aryl methyl sites for hydroxylation is 9. The van der Waals surface area contributed by atoms with Crippen molar-refractivity contribution in [1.29, 1.82) is 0 Å². The molecule has 46 heavy (non-hydrogen) atoms. The summed E-state index contributed by atoms with van der Waals surface area (Å²) in [5, 5.41) is 0. The van der Waals surface area contributed by atoms with Crippen LogP contribution in [-0.2, 0) is 30.1 Å². The summed E-state index contributed by atoms with van der Waals surface area (Å²) in [5.74, 6) is 0. The second kappa shape index (κ2) is 15.1. The Morgan fingerprint density at radius 1 is 0.413 bits per heavy atom. The smallest absolute Gasteiger partial charge is 0.241 e. The average Bonchev–Trinajstić information content (AvgIpc) is 2.85. The van der Waals surface area contributed by atoms with Gasteiger partial charge in [-0.15, -0.1) is 0 Å². The molecular formula is C33H48N4O6S3. The molecule has 13 heteroatoms. The van der Waals surface area contributed by atoms with Crippen molar-refractivity contribution < 1.29 is 25.3 Å². The number of sulfonamides is 3. The van der Waals surface area contributed by atoms with Crippen LogP contribution in [0.2, 0.25) is 0 Å². The number of rotatable bonds is 15. The third kappa shape index (κ3) is 9.46. The lowest BCUT2D eigenvalue weighted by molar-refractivity contribution is 0.287. The predicted molar refractivity (Wildman–Crippen MR) is 184 cm³/mol. The first-order valence-electron chi connectivity index (χ1n) is 15.2. The van der Waals surface area contributed by atoms with Crippen molar-refractivity contribution in [2.24, 2.45) is 0 Å². The molecular weight excluding hydrogens is 645 g/mol. The highest BCUT2D eigenvalue weighted by Crippen LogP contribution is 2.23. The minimum atomic E-state index is -3.82. The maximum absolute atomic E-state index is 13.2. The molecule has 0 aliphatic rings. The topological polar surface area (TPSA) is 142 Å². The molecule has 3 N–H and O–H groups in total. The van der Waals surface area contributed by atoms with Crippen LogP contribution in [0.1, 0.15) is 50.1 Å². The molecule has 0 aliphatic carbocycles. The molecule has 3 aromatic rings. The highest BCUT2D eigenvalue weighted by Gasteiger charge is 2.23. The first kappa shape index (κ1) is 37.8. The zero-order chi connectivity index (χ0) is 34.6. The van der Waals surface area contributed by atoms with Gasteiger partial charge in [0.05, 0.1) is 14.7 Å². The van der Waals surface area contributed by atoms with Crippen LogP contribution < -0.4 is 14.2 Å². The summed E-state index contributed by atoms with van der Waals surface area (Å²) in [4.78, 5) is 2.53. The SMILES string of the molecule is Cc1cc(C)c(S(=O)(=O)NCCN(CCNS(=O)(=O)c2c(C)cc(C)cc2C)CCNS(=O)(=O)c2c(C)cc(C)cc2C)c(C)c1. The lowest BCUT2D eigenvalue weighted by atomic mass is 10.1. The first-order valence-corrected chi connectivity index (χ1v) is 19.6. The molecule has 0 spiro atoms. The summed E-state index contributed by atoms with van der Waals surface area (Å²) in [6.07, 6.45) is 0. The van der Waals surface area contributed by atoms with Crippen molar-refractivity contribution in [2.75, 3.05) is 39.3 Å². The standard InChI is InChI=1S/C33H48N4O6S3/c1-22-16-25(4)31(26(5)17-22)44(38,39)34-10-13-37(14-11-35-45(40,41)32-27(6)18-23(2)19-28(32)7)15-12-36-46(42,43)33-29(8)20-24(3)21-30(33)9/h16-21,34-36H,10-15H2,1-9H3. The number of hydrogen-bond acceptors (Lipinski definition) is 7. The van der Waals surface area contributed by atoms with Crippen LogP contribution in [0.25, 0.3) is 0 Å². The van der Waals surface area contributed by atoms with Crippen LogP contribution in [-0.4, -0.2) is 69.4 Å². The van der Waals surface area contributed by atoms with Gasteiger partial charge in [0.15, 0.2) is 0 Å². The molecule has 254 valence electrons. The van der Waals surface area contributed by atoms with E-state index in [1.165, 1.54) is 0 Å². The van der Waals surface area contributed by atoms with E-state index in [0.29, 0.717) is 33.4 Å². The molecule has 0 aromatic heterocycles. The minimum absolute atomic E-state index is 0.0426. The van der Waals surface area contributed by atoms with Gasteiger partial charge in [0.25, 0.3) is 0 Å². The number of nitrogens with zero attached hydrogens (tertiary/aromatic N) is 1. The van der Waals surface area contributed by atoms with Gasteiger partial charge in [0, 0.05) is 39.3 Å². The molecule has 3 rings (SSSR count). The largest absolute Gasteiger partial charge is 0.299 e. The summed E-state index contributed by atoms with van der Waals surface area (Å²) in [6, 6.07) is 10.9. The lowest BCUT2D eigenvalue weighted by Gasteiger charge is -2.24. The zero-order valence-corrected chi connectivity index (χ0v) is 30.8. The lowest BCUT2D eigenvalue weighted by Crippen LogP contribution is -2.43. The van der Waals surface area contributed by atoms with Crippen LogP contribution in [0.4, 0.5) is 0 Å². The summed E-state index contributed by atoms with van der Waals surface area (Å²) >= 11 is 0. The predicted octanol–water partition coefficient (Wildman–Crippen LogP) is 4.00. The van der Waals surface area contributed by atoms with Crippen molar-refractivity contribution in [2.45, 2.75) is 77.0 Å². The van der Waals surface area contributed by atoms with Crippen LogP contribution in [0.5, 0.6) is 0 Å². The molecule has 0 radical (unpaired) electrons. The van der Waals surface area contributed by atoms with Crippen molar-refractivity contribution in [3.8, 4) is 0 Å². The van der Waals surface area contributed by atoms with E-state index in [9.17, 15) is 25.3 Å². The summed E-state index contributed by atoms with van der Waals surface area (Å²) in [6.45, 7) is 17.1. The van der Waals surface area contributed by atoms with Crippen LogP contribution >= 0.6 is 0 Å². The molecule has 0 amide bonds. The van der Waals surface area contributed by atoms with Gasteiger partial charge in [0.2, 0.25) is 30.1 Å². The molecule has 0 bridgehead atoms. The Hall–Kier alpha value is -2.65. The van der Waals surface area contributed by atoms with E-state index in [4.69, 9.17) is 0 Å². The summed E-state index contributed by atoms with van der Waals surface area (Å²) in [5.41, 5.74) is 6.79. The van der Waals surface area contributed by atoms with E-state index >= 15 is 0 Å². The Morgan fingerprint density at radius 3 is 0.804 bits per heavy atom. The third-order valence-electron chi connectivity index (χ3n) is 7.78. The maximum atomic E-state index is 13.2. The van der Waals surface area contributed by atoms with Gasteiger partial charge in [-0.05, 0) is 95.7 Å².